The van der Waals surface area contributed by atoms with Crippen molar-refractivity contribution in [3.8, 4) is 5.69 Å². The Hall–Kier alpha value is -1.78. The number of aromatic nitrogens is 4. The van der Waals surface area contributed by atoms with E-state index in [9.17, 15) is 4.79 Å². The van der Waals surface area contributed by atoms with Crippen molar-refractivity contribution in [2.24, 2.45) is 0 Å². The number of amides is 1. The smallest absolute Gasteiger partial charge is 0.264 e. The molecule has 1 aromatic carbocycles. The maximum atomic E-state index is 12.7. The number of hydrogen-bond acceptors (Lipinski definition) is 6. The predicted molar refractivity (Wildman–Crippen MR) is 107 cm³/mol. The molecule has 0 radical (unpaired) electrons. The molecule has 3 aromatic rings. The maximum Gasteiger partial charge on any atom is 0.264 e. The van der Waals surface area contributed by atoms with Gasteiger partial charge in [0.1, 0.15) is 0 Å². The van der Waals surface area contributed by atoms with Gasteiger partial charge in [0.05, 0.1) is 14.4 Å². The van der Waals surface area contributed by atoms with Gasteiger partial charge in [-0.25, -0.2) is 0 Å². The molecule has 3 heterocycles. The molecule has 26 heavy (non-hydrogen) atoms. The number of carbonyl (C=O) groups excluding carboxylic acids is 1. The zero-order chi connectivity index (χ0) is 18.1. The van der Waals surface area contributed by atoms with Crippen molar-refractivity contribution in [3.05, 3.63) is 49.5 Å². The second-order valence-electron chi connectivity index (χ2n) is 5.74. The van der Waals surface area contributed by atoms with Gasteiger partial charge in [0.2, 0.25) is 5.95 Å². The van der Waals surface area contributed by atoms with Gasteiger partial charge in [-0.05, 0) is 60.5 Å². The number of thiophene rings is 1. The molecular formula is C16H14Br2N6OS. The Morgan fingerprint density at radius 3 is 2.46 bits per heavy atom. The number of tetrazole rings is 1. The van der Waals surface area contributed by atoms with E-state index in [0.29, 0.717) is 32.1 Å². The van der Waals surface area contributed by atoms with Gasteiger partial charge in [-0.15, -0.1) is 11.3 Å². The molecule has 2 aromatic heterocycles. The molecule has 1 amide bonds. The Bertz CT molecular complexity index is 900. The summed E-state index contributed by atoms with van der Waals surface area (Å²) in [6.45, 7) is 2.64. The Labute approximate surface area is 170 Å². The van der Waals surface area contributed by atoms with Crippen LogP contribution in [0.1, 0.15) is 9.67 Å². The molecule has 0 atom stereocenters. The van der Waals surface area contributed by atoms with Crippen molar-refractivity contribution in [2.75, 3.05) is 31.1 Å². The largest absolute Gasteiger partial charge is 0.336 e. The van der Waals surface area contributed by atoms with Crippen molar-refractivity contribution in [1.29, 1.82) is 0 Å². The van der Waals surface area contributed by atoms with Crippen molar-refractivity contribution in [3.63, 3.8) is 0 Å². The maximum absolute atomic E-state index is 12.7. The van der Waals surface area contributed by atoms with Crippen LogP contribution in [0, 0.1) is 0 Å². The molecule has 0 saturated carbocycles. The molecule has 4 rings (SSSR count). The summed E-state index contributed by atoms with van der Waals surface area (Å²) in [5, 5.41) is 12.1. The zero-order valence-electron chi connectivity index (χ0n) is 13.5. The number of piperazine rings is 1. The fourth-order valence-corrected chi connectivity index (χ4v) is 4.84. The number of nitrogens with zero attached hydrogens (tertiary/aromatic N) is 6. The number of carbonyl (C=O) groups is 1. The van der Waals surface area contributed by atoms with E-state index in [1.165, 1.54) is 11.3 Å². The Morgan fingerprint density at radius 2 is 1.81 bits per heavy atom. The fraction of sp³-hybridized carbons (Fsp3) is 0.250. The average Bonchev–Trinajstić information content (AvgIpc) is 3.29. The topological polar surface area (TPSA) is 67.2 Å². The van der Waals surface area contributed by atoms with E-state index in [1.54, 1.807) is 4.68 Å². The van der Waals surface area contributed by atoms with Crippen LogP contribution < -0.4 is 4.90 Å². The molecule has 134 valence electrons. The summed E-state index contributed by atoms with van der Waals surface area (Å²) < 4.78 is 3.57. The molecule has 0 bridgehead atoms. The number of hydrogen-bond donors (Lipinski definition) is 0. The normalized spacial score (nSPS) is 14.7. The van der Waals surface area contributed by atoms with E-state index in [2.05, 4.69) is 52.3 Å². The van der Waals surface area contributed by atoms with E-state index in [1.807, 2.05) is 41.3 Å². The molecule has 0 unspecified atom stereocenters. The highest BCUT2D eigenvalue weighted by Gasteiger charge is 2.26. The molecule has 0 aliphatic carbocycles. The summed E-state index contributed by atoms with van der Waals surface area (Å²) >= 11 is 8.32. The number of benzene rings is 1. The molecule has 1 aliphatic heterocycles. The third-order valence-electron chi connectivity index (χ3n) is 4.16. The Morgan fingerprint density at radius 1 is 1.08 bits per heavy atom. The van der Waals surface area contributed by atoms with Gasteiger partial charge < -0.3 is 9.80 Å². The van der Waals surface area contributed by atoms with Crippen LogP contribution in [0.25, 0.3) is 5.69 Å². The summed E-state index contributed by atoms with van der Waals surface area (Å²) in [4.78, 5) is 17.4. The first-order valence-electron chi connectivity index (χ1n) is 7.96. The first-order valence-corrected chi connectivity index (χ1v) is 10.4. The van der Waals surface area contributed by atoms with Crippen LogP contribution in [-0.2, 0) is 0 Å². The van der Waals surface area contributed by atoms with Gasteiger partial charge in [-0.1, -0.05) is 23.3 Å². The van der Waals surface area contributed by atoms with E-state index in [0.717, 1.165) is 18.8 Å². The van der Waals surface area contributed by atoms with Crippen LogP contribution in [0.4, 0.5) is 5.95 Å². The van der Waals surface area contributed by atoms with Gasteiger partial charge in [-0.3, -0.25) is 4.79 Å². The molecule has 0 spiro atoms. The van der Waals surface area contributed by atoms with Crippen molar-refractivity contribution in [1.82, 2.24) is 25.1 Å². The second-order valence-corrected chi connectivity index (χ2v) is 8.96. The van der Waals surface area contributed by atoms with Crippen molar-refractivity contribution >= 4 is 55.1 Å². The Kier molecular flexibility index (Phi) is 5.05. The molecule has 1 fully saturated rings. The highest BCUT2D eigenvalue weighted by atomic mass is 79.9. The monoisotopic (exact) mass is 496 g/mol. The fourth-order valence-electron chi connectivity index (χ4n) is 2.83. The van der Waals surface area contributed by atoms with Crippen molar-refractivity contribution < 1.29 is 4.79 Å². The highest BCUT2D eigenvalue weighted by molar-refractivity contribution is 9.13. The van der Waals surface area contributed by atoms with Crippen LogP contribution in [0.2, 0.25) is 0 Å². The van der Waals surface area contributed by atoms with Crippen LogP contribution in [0.5, 0.6) is 0 Å². The third-order valence-corrected chi connectivity index (χ3v) is 7.40. The molecule has 1 saturated heterocycles. The van der Waals surface area contributed by atoms with Crippen LogP contribution >= 0.6 is 43.2 Å². The summed E-state index contributed by atoms with van der Waals surface area (Å²) in [6.07, 6.45) is 0. The van der Waals surface area contributed by atoms with Gasteiger partial charge in [-0.2, -0.15) is 4.68 Å². The average molecular weight is 498 g/mol. The summed E-state index contributed by atoms with van der Waals surface area (Å²) in [7, 11) is 0. The lowest BCUT2D eigenvalue weighted by Gasteiger charge is -2.34. The quantitative estimate of drug-likeness (QED) is 0.555. The number of rotatable bonds is 3. The lowest BCUT2D eigenvalue weighted by atomic mass is 10.3. The number of para-hydroxylation sites is 1. The lowest BCUT2D eigenvalue weighted by molar-refractivity contribution is 0.0751. The van der Waals surface area contributed by atoms with Gasteiger partial charge in [0, 0.05) is 30.7 Å². The van der Waals surface area contributed by atoms with E-state index in [4.69, 9.17) is 0 Å². The lowest BCUT2D eigenvalue weighted by Crippen LogP contribution is -2.49. The first kappa shape index (κ1) is 17.6. The van der Waals surface area contributed by atoms with E-state index < -0.39 is 0 Å². The molecule has 1 aliphatic rings. The van der Waals surface area contributed by atoms with Crippen LogP contribution in [0.15, 0.2) is 44.7 Å². The van der Waals surface area contributed by atoms with Gasteiger partial charge >= 0.3 is 0 Å². The minimum absolute atomic E-state index is 0.0590. The number of anilines is 1. The minimum atomic E-state index is 0.0590. The van der Waals surface area contributed by atoms with Gasteiger partial charge in [0.25, 0.3) is 5.91 Å². The van der Waals surface area contributed by atoms with Crippen molar-refractivity contribution in [2.45, 2.75) is 0 Å². The summed E-state index contributed by atoms with van der Waals surface area (Å²) in [5.41, 5.74) is 0.916. The molecule has 0 N–H and O–H groups in total. The third kappa shape index (κ3) is 3.40. The summed E-state index contributed by atoms with van der Waals surface area (Å²) in [5.74, 6) is 0.758. The Balaban J connectivity index is 1.46. The molecule has 10 heteroatoms. The van der Waals surface area contributed by atoms with E-state index >= 15 is 0 Å². The minimum Gasteiger partial charge on any atom is -0.336 e. The standard InChI is InChI=1S/C16H14Br2N6OS/c17-12-10-13(26-14(12)18)15(25)22-6-8-23(9-7-22)16-19-20-21-24(16)11-4-2-1-3-5-11/h1-5,10H,6-9H2. The zero-order valence-corrected chi connectivity index (χ0v) is 17.5. The summed E-state index contributed by atoms with van der Waals surface area (Å²) in [6, 6.07) is 11.7. The molecular weight excluding hydrogens is 484 g/mol. The van der Waals surface area contributed by atoms with Crippen LogP contribution in [0.3, 0.4) is 0 Å². The predicted octanol–water partition coefficient (Wildman–Crippen LogP) is 3.21. The SMILES string of the molecule is O=C(c1cc(Br)c(Br)s1)N1CCN(c2nnnn2-c2ccccc2)CC1. The first-order chi connectivity index (χ1) is 12.6. The number of halogens is 2. The molecule has 7 nitrogen and oxygen atoms in total. The van der Waals surface area contributed by atoms with Gasteiger partial charge in [0.15, 0.2) is 0 Å². The highest BCUT2D eigenvalue weighted by Crippen LogP contribution is 2.33. The second kappa shape index (κ2) is 7.45. The van der Waals surface area contributed by atoms with E-state index in [-0.39, 0.29) is 5.91 Å². The van der Waals surface area contributed by atoms with Crippen LogP contribution in [-0.4, -0.2) is 57.2 Å².